The second-order valence-electron chi connectivity index (χ2n) is 5.15. The number of nitrogens with two attached hydrogens (primary N) is 1. The van der Waals surface area contributed by atoms with Crippen molar-refractivity contribution in [2.24, 2.45) is 11.7 Å². The number of nitrogens with zero attached hydrogens (tertiary/aromatic N) is 1. The maximum Gasteiger partial charge on any atom is 0.222 e. The van der Waals surface area contributed by atoms with Crippen molar-refractivity contribution >= 4 is 5.91 Å². The predicted octanol–water partition coefficient (Wildman–Crippen LogP) is 2.78. The van der Waals surface area contributed by atoms with E-state index in [0.29, 0.717) is 25.4 Å². The molecule has 1 rings (SSSR count). The number of hydrogen-bond acceptors (Lipinski definition) is 3. The van der Waals surface area contributed by atoms with Crippen LogP contribution < -0.4 is 5.73 Å². The normalized spacial score (nSPS) is 12.4. The monoisotopic (exact) mass is 266 g/mol. The van der Waals surface area contributed by atoms with Gasteiger partial charge in [-0.2, -0.15) is 0 Å². The molecule has 4 heteroatoms. The summed E-state index contributed by atoms with van der Waals surface area (Å²) in [5, 5.41) is 0. The highest BCUT2D eigenvalue weighted by Gasteiger charge is 2.13. The third kappa shape index (κ3) is 5.92. The smallest absolute Gasteiger partial charge is 0.222 e. The Hall–Kier alpha value is -1.29. The van der Waals surface area contributed by atoms with Crippen molar-refractivity contribution in [1.82, 2.24) is 4.90 Å². The molecule has 0 radical (unpaired) electrons. The Morgan fingerprint density at radius 2 is 2.21 bits per heavy atom. The SMILES string of the molecule is CCCC(CCN)CCC(=O)N(C)Cc1ccoc1. The molecule has 0 aromatic carbocycles. The van der Waals surface area contributed by atoms with Crippen LogP contribution in [0.5, 0.6) is 0 Å². The summed E-state index contributed by atoms with van der Waals surface area (Å²) in [6.45, 7) is 3.50. The Bertz CT molecular complexity index is 343. The van der Waals surface area contributed by atoms with Crippen LogP contribution in [0, 0.1) is 5.92 Å². The summed E-state index contributed by atoms with van der Waals surface area (Å²) < 4.78 is 5.01. The van der Waals surface area contributed by atoms with Crippen LogP contribution >= 0.6 is 0 Å². The molecule has 0 aliphatic carbocycles. The minimum atomic E-state index is 0.194. The molecule has 0 saturated carbocycles. The van der Waals surface area contributed by atoms with Gasteiger partial charge in [0.25, 0.3) is 0 Å². The first kappa shape index (κ1) is 15.8. The maximum atomic E-state index is 12.0. The molecule has 0 saturated heterocycles. The van der Waals surface area contributed by atoms with Gasteiger partial charge >= 0.3 is 0 Å². The fourth-order valence-electron chi connectivity index (χ4n) is 2.34. The predicted molar refractivity (Wildman–Crippen MR) is 76.5 cm³/mol. The Morgan fingerprint density at radius 1 is 1.42 bits per heavy atom. The number of carbonyl (C=O) groups excluding carboxylic acids is 1. The van der Waals surface area contributed by atoms with Crippen molar-refractivity contribution in [1.29, 1.82) is 0 Å². The molecule has 1 aromatic rings. The zero-order valence-electron chi connectivity index (χ0n) is 12.1. The van der Waals surface area contributed by atoms with E-state index in [1.54, 1.807) is 17.4 Å². The molecule has 0 spiro atoms. The first-order valence-electron chi connectivity index (χ1n) is 7.12. The highest BCUT2D eigenvalue weighted by Crippen LogP contribution is 2.18. The Kier molecular flexibility index (Phi) is 7.26. The lowest BCUT2D eigenvalue weighted by Gasteiger charge is -2.19. The molecule has 1 atom stereocenters. The summed E-state index contributed by atoms with van der Waals surface area (Å²) in [7, 11) is 1.84. The van der Waals surface area contributed by atoms with Crippen LogP contribution in [-0.4, -0.2) is 24.4 Å². The summed E-state index contributed by atoms with van der Waals surface area (Å²) in [6, 6.07) is 1.89. The fourth-order valence-corrected chi connectivity index (χ4v) is 2.34. The second kappa shape index (κ2) is 8.75. The first-order valence-corrected chi connectivity index (χ1v) is 7.12. The van der Waals surface area contributed by atoms with Gasteiger partial charge in [0, 0.05) is 25.6 Å². The van der Waals surface area contributed by atoms with Gasteiger partial charge in [-0.3, -0.25) is 4.79 Å². The molecule has 0 aliphatic heterocycles. The second-order valence-corrected chi connectivity index (χ2v) is 5.15. The Labute approximate surface area is 116 Å². The van der Waals surface area contributed by atoms with Gasteiger partial charge in [-0.1, -0.05) is 19.8 Å². The molecule has 1 aromatic heterocycles. The van der Waals surface area contributed by atoms with Gasteiger partial charge in [-0.25, -0.2) is 0 Å². The average molecular weight is 266 g/mol. The molecule has 0 aliphatic rings. The Balaban J connectivity index is 2.32. The molecule has 1 heterocycles. The maximum absolute atomic E-state index is 12.0. The van der Waals surface area contributed by atoms with Gasteiger partial charge in [0.15, 0.2) is 0 Å². The third-order valence-corrected chi connectivity index (χ3v) is 3.46. The third-order valence-electron chi connectivity index (χ3n) is 3.46. The van der Waals surface area contributed by atoms with E-state index in [9.17, 15) is 4.79 Å². The molecule has 4 nitrogen and oxygen atoms in total. The van der Waals surface area contributed by atoms with Crippen molar-refractivity contribution in [3.05, 3.63) is 24.2 Å². The number of carbonyl (C=O) groups is 1. The fraction of sp³-hybridized carbons (Fsp3) is 0.667. The van der Waals surface area contributed by atoms with E-state index < -0.39 is 0 Å². The summed E-state index contributed by atoms with van der Waals surface area (Å²) in [4.78, 5) is 13.8. The standard InChI is InChI=1S/C15H26N2O2/c1-3-4-13(7-9-16)5-6-15(18)17(2)11-14-8-10-19-12-14/h8,10,12-13H,3-7,9,11,16H2,1-2H3. The number of amides is 1. The largest absolute Gasteiger partial charge is 0.472 e. The molecule has 108 valence electrons. The molecular weight excluding hydrogens is 240 g/mol. The lowest BCUT2D eigenvalue weighted by Crippen LogP contribution is -2.26. The first-order chi connectivity index (χ1) is 9.17. The highest BCUT2D eigenvalue weighted by molar-refractivity contribution is 5.75. The van der Waals surface area contributed by atoms with E-state index in [-0.39, 0.29) is 5.91 Å². The molecule has 2 N–H and O–H groups in total. The van der Waals surface area contributed by atoms with Crippen molar-refractivity contribution in [2.45, 2.75) is 45.6 Å². The number of rotatable bonds is 9. The highest BCUT2D eigenvalue weighted by atomic mass is 16.3. The zero-order valence-corrected chi connectivity index (χ0v) is 12.1. The Morgan fingerprint density at radius 3 is 2.79 bits per heavy atom. The van der Waals surface area contributed by atoms with E-state index in [2.05, 4.69) is 6.92 Å². The molecule has 1 unspecified atom stereocenters. The van der Waals surface area contributed by atoms with Gasteiger partial charge in [0.2, 0.25) is 5.91 Å². The average Bonchev–Trinajstić information content (AvgIpc) is 2.89. The van der Waals surface area contributed by atoms with Gasteiger partial charge in [-0.15, -0.1) is 0 Å². The van der Waals surface area contributed by atoms with E-state index in [0.717, 1.165) is 31.2 Å². The van der Waals surface area contributed by atoms with E-state index in [1.165, 1.54) is 0 Å². The molecule has 1 amide bonds. The quantitative estimate of drug-likeness (QED) is 0.747. The summed E-state index contributed by atoms with van der Waals surface area (Å²) >= 11 is 0. The van der Waals surface area contributed by atoms with E-state index in [1.807, 2.05) is 13.1 Å². The van der Waals surface area contributed by atoms with Gasteiger partial charge in [-0.05, 0) is 31.4 Å². The summed E-state index contributed by atoms with van der Waals surface area (Å²) in [6.07, 6.45) is 8.20. The lowest BCUT2D eigenvalue weighted by molar-refractivity contribution is -0.130. The molecule has 19 heavy (non-hydrogen) atoms. The molecular formula is C15H26N2O2. The topological polar surface area (TPSA) is 59.5 Å². The van der Waals surface area contributed by atoms with E-state index >= 15 is 0 Å². The van der Waals surface area contributed by atoms with Crippen LogP contribution in [0.15, 0.2) is 23.0 Å². The minimum absolute atomic E-state index is 0.194. The van der Waals surface area contributed by atoms with Crippen LogP contribution in [0.1, 0.15) is 44.6 Å². The summed E-state index contributed by atoms with van der Waals surface area (Å²) in [5.41, 5.74) is 6.64. The molecule has 0 bridgehead atoms. The van der Waals surface area contributed by atoms with Gasteiger partial charge in [0.1, 0.15) is 0 Å². The number of hydrogen-bond donors (Lipinski definition) is 1. The zero-order chi connectivity index (χ0) is 14.1. The van der Waals surface area contributed by atoms with Crippen LogP contribution in [0.25, 0.3) is 0 Å². The molecule has 0 fully saturated rings. The van der Waals surface area contributed by atoms with Crippen molar-refractivity contribution in [2.75, 3.05) is 13.6 Å². The van der Waals surface area contributed by atoms with Crippen LogP contribution in [0.2, 0.25) is 0 Å². The van der Waals surface area contributed by atoms with Crippen molar-refractivity contribution in [3.8, 4) is 0 Å². The van der Waals surface area contributed by atoms with Crippen molar-refractivity contribution < 1.29 is 9.21 Å². The van der Waals surface area contributed by atoms with Crippen molar-refractivity contribution in [3.63, 3.8) is 0 Å². The van der Waals surface area contributed by atoms with Crippen LogP contribution in [-0.2, 0) is 11.3 Å². The van der Waals surface area contributed by atoms with E-state index in [4.69, 9.17) is 10.2 Å². The minimum Gasteiger partial charge on any atom is -0.472 e. The van der Waals surface area contributed by atoms with Crippen LogP contribution in [0.4, 0.5) is 0 Å². The van der Waals surface area contributed by atoms with Crippen LogP contribution in [0.3, 0.4) is 0 Å². The van der Waals surface area contributed by atoms with Gasteiger partial charge in [0.05, 0.1) is 12.5 Å². The summed E-state index contributed by atoms with van der Waals surface area (Å²) in [5.74, 6) is 0.778. The number of furan rings is 1. The lowest BCUT2D eigenvalue weighted by atomic mass is 9.94. The van der Waals surface area contributed by atoms with Gasteiger partial charge < -0.3 is 15.1 Å².